The third-order valence-corrected chi connectivity index (χ3v) is 2.59. The van der Waals surface area contributed by atoms with Gasteiger partial charge >= 0.3 is 0 Å². The highest BCUT2D eigenvalue weighted by molar-refractivity contribution is 5.49. The van der Waals surface area contributed by atoms with E-state index in [0.717, 1.165) is 16.8 Å². The highest BCUT2D eigenvalue weighted by atomic mass is 16.1. The molecular weight excluding hydrogens is 202 g/mol. The Hall–Kier alpha value is -2.10. The Bertz CT molecular complexity index is 560. The fraction of sp³-hybridized carbons (Fsp3) is 0.167. The normalized spacial score (nSPS) is 10.3. The van der Waals surface area contributed by atoms with Crippen LogP contribution in [-0.4, -0.2) is 9.78 Å². The second-order valence-corrected chi connectivity index (χ2v) is 3.65. The third kappa shape index (κ3) is 1.95. The molecule has 1 aromatic heterocycles. The molecule has 0 fully saturated rings. The van der Waals surface area contributed by atoms with E-state index in [0.29, 0.717) is 6.54 Å². The minimum atomic E-state index is -0.107. The van der Waals surface area contributed by atoms with Crippen molar-refractivity contribution >= 4 is 5.69 Å². The molecule has 82 valence electrons. The summed E-state index contributed by atoms with van der Waals surface area (Å²) in [7, 11) is 0. The molecule has 0 saturated heterocycles. The van der Waals surface area contributed by atoms with Crippen LogP contribution in [-0.2, 0) is 6.54 Å². The first-order valence-corrected chi connectivity index (χ1v) is 5.04. The molecule has 0 aliphatic carbocycles. The van der Waals surface area contributed by atoms with Gasteiger partial charge in [0.15, 0.2) is 0 Å². The maximum absolute atomic E-state index is 11.5. The molecular formula is C12H13N3O. The van der Waals surface area contributed by atoms with Crippen molar-refractivity contribution in [3.05, 3.63) is 58.0 Å². The van der Waals surface area contributed by atoms with Gasteiger partial charge in [0.2, 0.25) is 0 Å². The molecule has 0 unspecified atom stereocenters. The van der Waals surface area contributed by atoms with E-state index in [1.54, 1.807) is 12.3 Å². The number of hydrogen-bond acceptors (Lipinski definition) is 3. The minimum Gasteiger partial charge on any atom is -0.399 e. The SMILES string of the molecule is Cc1c(N)cccc1Cn1ncccc1=O. The average molecular weight is 215 g/mol. The van der Waals surface area contributed by atoms with Crippen molar-refractivity contribution in [2.75, 3.05) is 5.73 Å². The van der Waals surface area contributed by atoms with Crippen LogP contribution >= 0.6 is 0 Å². The third-order valence-electron chi connectivity index (χ3n) is 2.59. The Balaban J connectivity index is 2.38. The first-order chi connectivity index (χ1) is 7.68. The van der Waals surface area contributed by atoms with Crippen molar-refractivity contribution in [1.82, 2.24) is 9.78 Å². The van der Waals surface area contributed by atoms with Gasteiger partial charge < -0.3 is 5.73 Å². The minimum absolute atomic E-state index is 0.107. The number of nitrogen functional groups attached to an aromatic ring is 1. The monoisotopic (exact) mass is 215 g/mol. The van der Waals surface area contributed by atoms with Gasteiger partial charge in [0.05, 0.1) is 6.54 Å². The second kappa shape index (κ2) is 4.18. The van der Waals surface area contributed by atoms with E-state index in [-0.39, 0.29) is 5.56 Å². The van der Waals surface area contributed by atoms with Gasteiger partial charge in [0.25, 0.3) is 5.56 Å². The zero-order valence-corrected chi connectivity index (χ0v) is 9.05. The largest absolute Gasteiger partial charge is 0.399 e. The molecule has 2 aromatic rings. The number of benzene rings is 1. The summed E-state index contributed by atoms with van der Waals surface area (Å²) in [5.41, 5.74) is 8.45. The maximum Gasteiger partial charge on any atom is 0.267 e. The summed E-state index contributed by atoms with van der Waals surface area (Å²) in [6, 6.07) is 8.80. The summed E-state index contributed by atoms with van der Waals surface area (Å²) < 4.78 is 1.42. The van der Waals surface area contributed by atoms with Crippen LogP contribution in [0.15, 0.2) is 41.3 Å². The van der Waals surface area contributed by atoms with Gasteiger partial charge in [0, 0.05) is 18.0 Å². The van der Waals surface area contributed by atoms with E-state index in [1.807, 2.05) is 25.1 Å². The molecule has 0 spiro atoms. The number of hydrogen-bond donors (Lipinski definition) is 1. The molecule has 2 N–H and O–H groups in total. The first-order valence-electron chi connectivity index (χ1n) is 5.04. The van der Waals surface area contributed by atoms with Crippen molar-refractivity contribution in [3.63, 3.8) is 0 Å². The maximum atomic E-state index is 11.5. The Morgan fingerprint density at radius 3 is 2.88 bits per heavy atom. The summed E-state index contributed by atoms with van der Waals surface area (Å²) >= 11 is 0. The predicted molar refractivity (Wildman–Crippen MR) is 63.2 cm³/mol. The molecule has 0 atom stereocenters. The van der Waals surface area contributed by atoms with E-state index in [2.05, 4.69) is 5.10 Å². The molecule has 0 saturated carbocycles. The molecule has 0 amide bonds. The Labute approximate surface area is 93.3 Å². The summed E-state index contributed by atoms with van der Waals surface area (Å²) in [6.07, 6.45) is 1.60. The van der Waals surface area contributed by atoms with Gasteiger partial charge in [-0.25, -0.2) is 4.68 Å². The molecule has 0 radical (unpaired) electrons. The fourth-order valence-corrected chi connectivity index (χ4v) is 1.54. The lowest BCUT2D eigenvalue weighted by Crippen LogP contribution is -2.22. The van der Waals surface area contributed by atoms with E-state index < -0.39 is 0 Å². The Morgan fingerprint density at radius 1 is 1.31 bits per heavy atom. The molecule has 0 aliphatic heterocycles. The molecule has 0 aliphatic rings. The molecule has 16 heavy (non-hydrogen) atoms. The number of nitrogens with zero attached hydrogens (tertiary/aromatic N) is 2. The Morgan fingerprint density at radius 2 is 2.12 bits per heavy atom. The van der Waals surface area contributed by atoms with Crippen LogP contribution in [0.1, 0.15) is 11.1 Å². The zero-order chi connectivity index (χ0) is 11.5. The van der Waals surface area contributed by atoms with Crippen molar-refractivity contribution in [1.29, 1.82) is 0 Å². The van der Waals surface area contributed by atoms with Crippen LogP contribution in [0.2, 0.25) is 0 Å². The lowest BCUT2D eigenvalue weighted by molar-refractivity contribution is 0.637. The van der Waals surface area contributed by atoms with Gasteiger partial charge in [-0.2, -0.15) is 5.10 Å². The van der Waals surface area contributed by atoms with Crippen LogP contribution in [0.5, 0.6) is 0 Å². The van der Waals surface area contributed by atoms with Crippen molar-refractivity contribution in [2.24, 2.45) is 0 Å². The van der Waals surface area contributed by atoms with Crippen molar-refractivity contribution in [3.8, 4) is 0 Å². The number of nitrogens with two attached hydrogens (primary N) is 1. The molecule has 4 heteroatoms. The number of rotatable bonds is 2. The van der Waals surface area contributed by atoms with Gasteiger partial charge in [-0.05, 0) is 30.2 Å². The number of anilines is 1. The van der Waals surface area contributed by atoms with Crippen molar-refractivity contribution < 1.29 is 0 Å². The topological polar surface area (TPSA) is 60.9 Å². The summed E-state index contributed by atoms with van der Waals surface area (Å²) in [4.78, 5) is 11.5. The predicted octanol–water partition coefficient (Wildman–Crippen LogP) is 1.18. The number of aromatic nitrogens is 2. The van der Waals surface area contributed by atoms with Gasteiger partial charge in [0.1, 0.15) is 0 Å². The first kappa shape index (κ1) is 10.4. The molecule has 4 nitrogen and oxygen atoms in total. The van der Waals surface area contributed by atoms with Crippen LogP contribution in [0.25, 0.3) is 0 Å². The van der Waals surface area contributed by atoms with Crippen LogP contribution in [0, 0.1) is 6.92 Å². The van der Waals surface area contributed by atoms with Crippen LogP contribution in [0.3, 0.4) is 0 Å². The summed E-state index contributed by atoms with van der Waals surface area (Å²) in [5.74, 6) is 0. The zero-order valence-electron chi connectivity index (χ0n) is 9.05. The van der Waals surface area contributed by atoms with Crippen molar-refractivity contribution in [2.45, 2.75) is 13.5 Å². The van der Waals surface area contributed by atoms with Gasteiger partial charge in [-0.1, -0.05) is 12.1 Å². The average Bonchev–Trinajstić information content (AvgIpc) is 2.28. The highest BCUT2D eigenvalue weighted by Crippen LogP contribution is 2.15. The second-order valence-electron chi connectivity index (χ2n) is 3.65. The van der Waals surface area contributed by atoms with Gasteiger partial charge in [-0.3, -0.25) is 4.79 Å². The van der Waals surface area contributed by atoms with E-state index in [4.69, 9.17) is 5.73 Å². The highest BCUT2D eigenvalue weighted by Gasteiger charge is 2.03. The van der Waals surface area contributed by atoms with Crippen LogP contribution in [0.4, 0.5) is 5.69 Å². The summed E-state index contributed by atoms with van der Waals surface area (Å²) in [5, 5.41) is 4.01. The van der Waals surface area contributed by atoms with Gasteiger partial charge in [-0.15, -0.1) is 0 Å². The molecule has 1 aromatic carbocycles. The summed E-state index contributed by atoms with van der Waals surface area (Å²) in [6.45, 7) is 2.40. The van der Waals surface area contributed by atoms with E-state index in [1.165, 1.54) is 10.7 Å². The molecule has 2 rings (SSSR count). The van der Waals surface area contributed by atoms with Crippen LogP contribution < -0.4 is 11.3 Å². The molecule has 1 heterocycles. The van der Waals surface area contributed by atoms with E-state index in [9.17, 15) is 4.79 Å². The van der Waals surface area contributed by atoms with E-state index >= 15 is 0 Å². The molecule has 0 bridgehead atoms. The standard InChI is InChI=1S/C12H13N3O/c1-9-10(4-2-5-11(9)13)8-15-12(16)6-3-7-14-15/h2-7H,8,13H2,1H3. The fourth-order valence-electron chi connectivity index (χ4n) is 1.54. The Kier molecular flexibility index (Phi) is 2.72. The smallest absolute Gasteiger partial charge is 0.267 e. The lowest BCUT2D eigenvalue weighted by Gasteiger charge is -2.08. The lowest BCUT2D eigenvalue weighted by atomic mass is 10.1. The quantitative estimate of drug-likeness (QED) is 0.765.